The second-order valence-corrected chi connectivity index (χ2v) is 7.13. The van der Waals surface area contributed by atoms with Crippen molar-refractivity contribution in [2.24, 2.45) is 23.2 Å². The highest BCUT2D eigenvalue weighted by molar-refractivity contribution is 5.04. The smallest absolute Gasteiger partial charge is 0.000790 e. The fourth-order valence-corrected chi connectivity index (χ4v) is 4.64. The van der Waals surface area contributed by atoms with Crippen molar-refractivity contribution in [2.45, 2.75) is 64.7 Å². The maximum absolute atomic E-state index is 3.65. The normalized spacial score (nSPS) is 40.8. The monoisotopic (exact) mass is 235 g/mol. The second-order valence-electron chi connectivity index (χ2n) is 7.13. The van der Waals surface area contributed by atoms with E-state index in [0.29, 0.717) is 5.41 Å². The van der Waals surface area contributed by atoms with Crippen molar-refractivity contribution in [1.29, 1.82) is 0 Å². The van der Waals surface area contributed by atoms with Gasteiger partial charge in [0.15, 0.2) is 0 Å². The molecule has 0 heterocycles. The lowest BCUT2D eigenvalue weighted by molar-refractivity contribution is 0.211. The van der Waals surface area contributed by atoms with Gasteiger partial charge in [-0.3, -0.25) is 0 Å². The predicted octanol–water partition coefficient (Wildman–Crippen LogP) is 3.98. The van der Waals surface area contributed by atoms with E-state index in [2.05, 4.69) is 12.2 Å². The highest BCUT2D eigenvalue weighted by atomic mass is 14.9. The van der Waals surface area contributed by atoms with E-state index in [9.17, 15) is 0 Å². The summed E-state index contributed by atoms with van der Waals surface area (Å²) < 4.78 is 0. The lowest BCUT2D eigenvalue weighted by Crippen LogP contribution is -2.33. The number of hydrogen-bond acceptors (Lipinski definition) is 1. The number of rotatable bonds is 6. The minimum atomic E-state index is 0.714. The van der Waals surface area contributed by atoms with Crippen LogP contribution in [0.4, 0.5) is 0 Å². The van der Waals surface area contributed by atoms with E-state index in [0.717, 1.165) is 24.3 Å². The molecule has 3 aliphatic carbocycles. The molecule has 0 aromatic carbocycles. The quantitative estimate of drug-likeness (QED) is 0.734. The Morgan fingerprint density at radius 1 is 1.12 bits per heavy atom. The van der Waals surface area contributed by atoms with E-state index in [4.69, 9.17) is 0 Å². The third-order valence-electron chi connectivity index (χ3n) is 5.77. The van der Waals surface area contributed by atoms with Crippen LogP contribution in [0.2, 0.25) is 0 Å². The predicted molar refractivity (Wildman–Crippen MR) is 73.0 cm³/mol. The molecular weight excluding hydrogens is 206 g/mol. The minimum Gasteiger partial charge on any atom is -0.316 e. The number of nitrogens with one attached hydrogen (secondary N) is 1. The number of fused-ring (bicyclic) bond motifs is 1. The summed E-state index contributed by atoms with van der Waals surface area (Å²) in [6, 6.07) is 0. The summed E-state index contributed by atoms with van der Waals surface area (Å²) in [4.78, 5) is 0. The maximum Gasteiger partial charge on any atom is 0.000790 e. The first kappa shape index (κ1) is 12.0. The molecule has 1 N–H and O–H groups in total. The van der Waals surface area contributed by atoms with Gasteiger partial charge in [-0.15, -0.1) is 0 Å². The SMILES string of the molecule is CCNCC1(CCC2CCCC2)CC2CC2C1. The Bertz CT molecular complexity index is 244. The van der Waals surface area contributed by atoms with Crippen molar-refractivity contribution in [3.8, 4) is 0 Å². The van der Waals surface area contributed by atoms with Crippen LogP contribution in [0.3, 0.4) is 0 Å². The van der Waals surface area contributed by atoms with Gasteiger partial charge in [0.25, 0.3) is 0 Å². The second kappa shape index (κ2) is 4.91. The van der Waals surface area contributed by atoms with Crippen molar-refractivity contribution >= 4 is 0 Å². The van der Waals surface area contributed by atoms with Crippen molar-refractivity contribution in [2.75, 3.05) is 13.1 Å². The highest BCUT2D eigenvalue weighted by Crippen LogP contribution is 2.61. The van der Waals surface area contributed by atoms with Crippen LogP contribution in [-0.2, 0) is 0 Å². The van der Waals surface area contributed by atoms with E-state index in [1.54, 1.807) is 19.3 Å². The maximum atomic E-state index is 3.65. The molecule has 0 aliphatic heterocycles. The van der Waals surface area contributed by atoms with Crippen LogP contribution in [0, 0.1) is 23.2 Å². The zero-order valence-electron chi connectivity index (χ0n) is 11.5. The van der Waals surface area contributed by atoms with Crippen LogP contribution in [0.15, 0.2) is 0 Å². The topological polar surface area (TPSA) is 12.0 Å². The van der Waals surface area contributed by atoms with Gasteiger partial charge in [0.05, 0.1) is 0 Å². The molecule has 1 nitrogen and oxygen atoms in total. The summed E-state index contributed by atoms with van der Waals surface area (Å²) in [6.07, 6.45) is 13.8. The Morgan fingerprint density at radius 2 is 1.82 bits per heavy atom. The lowest BCUT2D eigenvalue weighted by Gasteiger charge is -2.32. The van der Waals surface area contributed by atoms with E-state index in [1.807, 2.05) is 0 Å². The van der Waals surface area contributed by atoms with E-state index in [1.165, 1.54) is 45.1 Å². The van der Waals surface area contributed by atoms with Crippen LogP contribution in [0.5, 0.6) is 0 Å². The Morgan fingerprint density at radius 3 is 2.47 bits per heavy atom. The van der Waals surface area contributed by atoms with Crippen LogP contribution >= 0.6 is 0 Å². The Kier molecular flexibility index (Phi) is 3.47. The first-order valence-electron chi connectivity index (χ1n) is 8.02. The Hall–Kier alpha value is -0.0400. The third-order valence-corrected chi connectivity index (χ3v) is 5.77. The molecule has 0 amide bonds. The average Bonchev–Trinajstić information content (AvgIpc) is 2.82. The molecule has 0 aromatic rings. The van der Waals surface area contributed by atoms with Gasteiger partial charge in [-0.25, -0.2) is 0 Å². The van der Waals surface area contributed by atoms with E-state index >= 15 is 0 Å². The van der Waals surface area contributed by atoms with Gasteiger partial charge in [0.2, 0.25) is 0 Å². The van der Waals surface area contributed by atoms with Gasteiger partial charge < -0.3 is 5.32 Å². The molecule has 0 aromatic heterocycles. The summed E-state index contributed by atoms with van der Waals surface area (Å²) in [5.74, 6) is 3.36. The van der Waals surface area contributed by atoms with Crippen LogP contribution in [0.1, 0.15) is 64.7 Å². The number of hydrogen-bond donors (Lipinski definition) is 1. The fraction of sp³-hybridized carbons (Fsp3) is 1.00. The van der Waals surface area contributed by atoms with Gasteiger partial charge in [-0.05, 0) is 61.8 Å². The average molecular weight is 235 g/mol. The lowest BCUT2D eigenvalue weighted by atomic mass is 9.76. The summed E-state index contributed by atoms with van der Waals surface area (Å²) in [5.41, 5.74) is 0.714. The van der Waals surface area contributed by atoms with Crippen LogP contribution < -0.4 is 5.32 Å². The van der Waals surface area contributed by atoms with Gasteiger partial charge in [0, 0.05) is 6.54 Å². The molecule has 3 fully saturated rings. The van der Waals surface area contributed by atoms with Crippen LogP contribution in [-0.4, -0.2) is 13.1 Å². The molecule has 2 unspecified atom stereocenters. The highest BCUT2D eigenvalue weighted by Gasteiger charge is 2.53. The summed E-state index contributed by atoms with van der Waals surface area (Å²) in [6.45, 7) is 4.71. The summed E-state index contributed by atoms with van der Waals surface area (Å²) >= 11 is 0. The molecule has 3 rings (SSSR count). The standard InChI is InChI=1S/C16H29N/c1-2-17-12-16(10-14-9-15(14)11-16)8-7-13-5-3-4-6-13/h13-15,17H,2-12H2,1H3. The molecule has 98 valence electrons. The van der Waals surface area contributed by atoms with E-state index in [-0.39, 0.29) is 0 Å². The van der Waals surface area contributed by atoms with Gasteiger partial charge >= 0.3 is 0 Å². The molecule has 2 atom stereocenters. The molecular formula is C16H29N. The molecule has 0 saturated heterocycles. The molecule has 0 bridgehead atoms. The zero-order chi connectivity index (χ0) is 11.7. The summed E-state index contributed by atoms with van der Waals surface area (Å²) in [7, 11) is 0. The van der Waals surface area contributed by atoms with Crippen molar-refractivity contribution in [3.05, 3.63) is 0 Å². The van der Waals surface area contributed by atoms with Gasteiger partial charge in [-0.2, -0.15) is 0 Å². The third kappa shape index (κ3) is 2.70. The Balaban J connectivity index is 1.51. The molecule has 3 aliphatic rings. The fourth-order valence-electron chi connectivity index (χ4n) is 4.64. The largest absolute Gasteiger partial charge is 0.316 e. The van der Waals surface area contributed by atoms with Gasteiger partial charge in [-0.1, -0.05) is 32.6 Å². The van der Waals surface area contributed by atoms with Crippen molar-refractivity contribution in [1.82, 2.24) is 5.32 Å². The van der Waals surface area contributed by atoms with Crippen molar-refractivity contribution < 1.29 is 0 Å². The van der Waals surface area contributed by atoms with Gasteiger partial charge in [0.1, 0.15) is 0 Å². The first-order valence-corrected chi connectivity index (χ1v) is 8.02. The Labute approximate surface area is 107 Å². The first-order chi connectivity index (χ1) is 8.31. The summed E-state index contributed by atoms with van der Waals surface area (Å²) in [5, 5.41) is 3.65. The zero-order valence-corrected chi connectivity index (χ0v) is 11.5. The molecule has 1 heteroatoms. The molecule has 3 saturated carbocycles. The van der Waals surface area contributed by atoms with E-state index < -0.39 is 0 Å². The molecule has 0 spiro atoms. The van der Waals surface area contributed by atoms with Crippen molar-refractivity contribution in [3.63, 3.8) is 0 Å². The molecule has 0 radical (unpaired) electrons. The molecule has 17 heavy (non-hydrogen) atoms. The van der Waals surface area contributed by atoms with Crippen LogP contribution in [0.25, 0.3) is 0 Å². The minimum absolute atomic E-state index is 0.714.